The Morgan fingerprint density at radius 1 is 1.35 bits per heavy atom. The van der Waals surface area contributed by atoms with Crippen LogP contribution in [0.3, 0.4) is 0 Å². The van der Waals surface area contributed by atoms with Crippen molar-refractivity contribution in [3.8, 4) is 0 Å². The van der Waals surface area contributed by atoms with Gasteiger partial charge >= 0.3 is 5.97 Å². The standard InChI is InChI=1S/C15H23FN2O2/c1-18(2)9-3-8-17-14(11-15(19)20)10-12-4-6-13(16)7-5-12/h4-7,14,17H,3,8-11H2,1-2H3,(H,19,20). The molecule has 0 bridgehead atoms. The topological polar surface area (TPSA) is 52.6 Å². The number of benzene rings is 1. The van der Waals surface area contributed by atoms with E-state index in [9.17, 15) is 9.18 Å². The minimum Gasteiger partial charge on any atom is -0.481 e. The van der Waals surface area contributed by atoms with Crippen molar-refractivity contribution in [3.63, 3.8) is 0 Å². The van der Waals surface area contributed by atoms with Gasteiger partial charge < -0.3 is 15.3 Å². The van der Waals surface area contributed by atoms with Crippen molar-refractivity contribution in [2.75, 3.05) is 27.2 Å². The number of hydrogen-bond acceptors (Lipinski definition) is 3. The molecule has 0 saturated carbocycles. The first-order chi connectivity index (χ1) is 9.47. The molecule has 112 valence electrons. The van der Waals surface area contributed by atoms with Crippen LogP contribution in [-0.4, -0.2) is 49.2 Å². The maximum absolute atomic E-state index is 12.8. The SMILES string of the molecule is CN(C)CCCNC(CC(=O)O)Cc1ccc(F)cc1. The molecular formula is C15H23FN2O2. The van der Waals surface area contributed by atoms with Gasteiger partial charge in [0.05, 0.1) is 6.42 Å². The summed E-state index contributed by atoms with van der Waals surface area (Å²) in [5.41, 5.74) is 0.942. The van der Waals surface area contributed by atoms with Gasteiger partial charge in [0, 0.05) is 6.04 Å². The monoisotopic (exact) mass is 282 g/mol. The predicted octanol–water partition coefficient (Wildman–Crippen LogP) is 1.75. The van der Waals surface area contributed by atoms with Gasteiger partial charge in [0.25, 0.3) is 0 Å². The summed E-state index contributed by atoms with van der Waals surface area (Å²) in [4.78, 5) is 13.0. The molecule has 0 aliphatic heterocycles. The summed E-state index contributed by atoms with van der Waals surface area (Å²) in [6.07, 6.45) is 1.63. The molecule has 0 heterocycles. The molecule has 5 heteroatoms. The van der Waals surface area contributed by atoms with Gasteiger partial charge in [0.1, 0.15) is 5.82 Å². The number of carboxylic acids is 1. The van der Waals surface area contributed by atoms with E-state index in [-0.39, 0.29) is 18.3 Å². The van der Waals surface area contributed by atoms with E-state index in [0.717, 1.165) is 25.1 Å². The molecule has 0 radical (unpaired) electrons. The van der Waals surface area contributed by atoms with Crippen LogP contribution < -0.4 is 5.32 Å². The van der Waals surface area contributed by atoms with Gasteiger partial charge in [0.2, 0.25) is 0 Å². The lowest BCUT2D eigenvalue weighted by molar-refractivity contribution is -0.137. The summed E-state index contributed by atoms with van der Waals surface area (Å²) in [6.45, 7) is 1.74. The molecule has 0 amide bonds. The molecule has 0 aliphatic rings. The molecule has 0 spiro atoms. The molecule has 1 atom stereocenters. The van der Waals surface area contributed by atoms with Crippen molar-refractivity contribution >= 4 is 5.97 Å². The zero-order valence-electron chi connectivity index (χ0n) is 12.1. The molecule has 0 aromatic heterocycles. The molecule has 1 unspecified atom stereocenters. The summed E-state index contributed by atoms with van der Waals surface area (Å²) in [5, 5.41) is 12.2. The number of carboxylic acid groups (broad SMARTS) is 1. The number of rotatable bonds is 9. The number of halogens is 1. The van der Waals surface area contributed by atoms with Crippen molar-refractivity contribution in [2.24, 2.45) is 0 Å². The van der Waals surface area contributed by atoms with E-state index in [0.29, 0.717) is 6.42 Å². The Labute approximate surface area is 119 Å². The fourth-order valence-corrected chi connectivity index (χ4v) is 2.03. The highest BCUT2D eigenvalue weighted by Crippen LogP contribution is 2.08. The Hall–Kier alpha value is -1.46. The third-order valence-corrected chi connectivity index (χ3v) is 3.03. The van der Waals surface area contributed by atoms with Gasteiger partial charge in [-0.2, -0.15) is 0 Å². The Morgan fingerprint density at radius 2 is 2.00 bits per heavy atom. The Morgan fingerprint density at radius 3 is 2.55 bits per heavy atom. The van der Waals surface area contributed by atoms with E-state index in [1.165, 1.54) is 12.1 Å². The van der Waals surface area contributed by atoms with E-state index < -0.39 is 5.97 Å². The normalized spacial score (nSPS) is 12.6. The van der Waals surface area contributed by atoms with Crippen LogP contribution in [0.2, 0.25) is 0 Å². The van der Waals surface area contributed by atoms with E-state index in [1.807, 2.05) is 14.1 Å². The van der Waals surface area contributed by atoms with Gasteiger partial charge in [-0.15, -0.1) is 0 Å². The molecule has 0 saturated heterocycles. The Balaban J connectivity index is 2.46. The van der Waals surface area contributed by atoms with E-state index in [2.05, 4.69) is 10.2 Å². The summed E-state index contributed by atoms with van der Waals surface area (Å²) in [7, 11) is 4.01. The minimum absolute atomic E-state index is 0.0688. The zero-order chi connectivity index (χ0) is 15.0. The molecule has 0 fully saturated rings. The van der Waals surface area contributed by atoms with Crippen LogP contribution in [0, 0.1) is 5.82 Å². The number of carbonyl (C=O) groups is 1. The maximum atomic E-state index is 12.8. The number of nitrogens with zero attached hydrogens (tertiary/aromatic N) is 1. The van der Waals surface area contributed by atoms with Crippen molar-refractivity contribution < 1.29 is 14.3 Å². The summed E-state index contributed by atoms with van der Waals surface area (Å²) in [5.74, 6) is -1.10. The van der Waals surface area contributed by atoms with E-state index in [1.54, 1.807) is 12.1 Å². The molecule has 1 aromatic rings. The lowest BCUT2D eigenvalue weighted by atomic mass is 10.0. The van der Waals surface area contributed by atoms with Gasteiger partial charge in [-0.3, -0.25) is 4.79 Å². The Kier molecular flexibility index (Phi) is 7.18. The number of hydrogen-bond donors (Lipinski definition) is 2. The first-order valence-electron chi connectivity index (χ1n) is 6.81. The van der Waals surface area contributed by atoms with Crippen molar-refractivity contribution in [1.82, 2.24) is 10.2 Å². The molecule has 2 N–H and O–H groups in total. The minimum atomic E-state index is -0.822. The Bertz CT molecular complexity index is 407. The quantitative estimate of drug-likeness (QED) is 0.678. The number of nitrogens with one attached hydrogen (secondary N) is 1. The fraction of sp³-hybridized carbons (Fsp3) is 0.533. The maximum Gasteiger partial charge on any atom is 0.304 e. The van der Waals surface area contributed by atoms with Crippen LogP contribution in [-0.2, 0) is 11.2 Å². The van der Waals surface area contributed by atoms with E-state index >= 15 is 0 Å². The molecule has 1 rings (SSSR count). The summed E-state index contributed by atoms with van der Waals surface area (Å²) in [6, 6.07) is 6.08. The van der Waals surface area contributed by atoms with Gasteiger partial charge in [-0.05, 0) is 57.7 Å². The van der Waals surface area contributed by atoms with Crippen LogP contribution in [0.4, 0.5) is 4.39 Å². The molecule has 4 nitrogen and oxygen atoms in total. The highest BCUT2D eigenvalue weighted by Gasteiger charge is 2.13. The summed E-state index contributed by atoms with van der Waals surface area (Å²) >= 11 is 0. The second-order valence-electron chi connectivity index (χ2n) is 5.24. The van der Waals surface area contributed by atoms with Crippen molar-refractivity contribution in [2.45, 2.75) is 25.3 Å². The van der Waals surface area contributed by atoms with E-state index in [4.69, 9.17) is 5.11 Å². The molecular weight excluding hydrogens is 259 g/mol. The largest absolute Gasteiger partial charge is 0.481 e. The van der Waals surface area contributed by atoms with Crippen molar-refractivity contribution in [3.05, 3.63) is 35.6 Å². The second-order valence-corrected chi connectivity index (χ2v) is 5.24. The molecule has 20 heavy (non-hydrogen) atoms. The third-order valence-electron chi connectivity index (χ3n) is 3.03. The first-order valence-corrected chi connectivity index (χ1v) is 6.81. The van der Waals surface area contributed by atoms with Crippen LogP contribution in [0.1, 0.15) is 18.4 Å². The smallest absolute Gasteiger partial charge is 0.304 e. The average Bonchev–Trinajstić information content (AvgIpc) is 2.36. The van der Waals surface area contributed by atoms with Crippen LogP contribution >= 0.6 is 0 Å². The second kappa shape index (κ2) is 8.66. The summed E-state index contributed by atoms with van der Waals surface area (Å²) < 4.78 is 12.8. The highest BCUT2D eigenvalue weighted by atomic mass is 19.1. The lowest BCUT2D eigenvalue weighted by Gasteiger charge is -2.18. The highest BCUT2D eigenvalue weighted by molar-refractivity contribution is 5.67. The average molecular weight is 282 g/mol. The lowest BCUT2D eigenvalue weighted by Crippen LogP contribution is -2.35. The van der Waals surface area contributed by atoms with Gasteiger partial charge in [-0.25, -0.2) is 4.39 Å². The third kappa shape index (κ3) is 7.21. The molecule has 1 aromatic carbocycles. The van der Waals surface area contributed by atoms with Gasteiger partial charge in [-0.1, -0.05) is 12.1 Å². The van der Waals surface area contributed by atoms with Crippen LogP contribution in [0.25, 0.3) is 0 Å². The number of aliphatic carboxylic acids is 1. The first kappa shape index (κ1) is 16.6. The zero-order valence-corrected chi connectivity index (χ0v) is 12.1. The predicted molar refractivity (Wildman–Crippen MR) is 77.3 cm³/mol. The van der Waals surface area contributed by atoms with Crippen LogP contribution in [0.5, 0.6) is 0 Å². The van der Waals surface area contributed by atoms with Crippen molar-refractivity contribution in [1.29, 1.82) is 0 Å². The molecule has 0 aliphatic carbocycles. The fourth-order valence-electron chi connectivity index (χ4n) is 2.03. The van der Waals surface area contributed by atoms with Gasteiger partial charge in [0.15, 0.2) is 0 Å². The van der Waals surface area contributed by atoms with Crippen LogP contribution in [0.15, 0.2) is 24.3 Å².